The second-order valence-corrected chi connectivity index (χ2v) is 5.34. The van der Waals surface area contributed by atoms with Crippen LogP contribution in [0.15, 0.2) is 0 Å². The fourth-order valence-electron chi connectivity index (χ4n) is 0.122. The number of hydrogen-bond donors (Lipinski definition) is 7. The lowest BCUT2D eigenvalue weighted by Crippen LogP contribution is -2.35. The standard InChI is InChI=1S/CH8O4Si2.2H4O2Si.2H2O/c1-7(3,4)5-6-2;2*1-3-2;;/h2-4H,6H2,1H3;2*1-2H,3H2;2*1H2. The van der Waals surface area contributed by atoms with Crippen LogP contribution in [0.25, 0.3) is 0 Å². The summed E-state index contributed by atoms with van der Waals surface area (Å²) in [7, 11) is -8.14. The molecular formula is CH20O10Si4. The van der Waals surface area contributed by atoms with Crippen molar-refractivity contribution in [1.82, 2.24) is 0 Å². The van der Waals surface area contributed by atoms with E-state index in [1.807, 2.05) is 0 Å². The lowest BCUT2D eigenvalue weighted by Gasteiger charge is -2.08. The van der Waals surface area contributed by atoms with Crippen molar-refractivity contribution in [3.8, 4) is 0 Å². The summed E-state index contributed by atoms with van der Waals surface area (Å²) < 4.78 is 4.17. The first kappa shape index (κ1) is 29.5. The third kappa shape index (κ3) is 113. The van der Waals surface area contributed by atoms with Crippen molar-refractivity contribution in [2.75, 3.05) is 0 Å². The van der Waals surface area contributed by atoms with Gasteiger partial charge in [-0.2, -0.15) is 0 Å². The van der Waals surface area contributed by atoms with Crippen molar-refractivity contribution in [2.45, 2.75) is 6.55 Å². The van der Waals surface area contributed by atoms with E-state index >= 15 is 0 Å². The van der Waals surface area contributed by atoms with Gasteiger partial charge in [0.1, 0.15) is 0 Å². The highest BCUT2D eigenvalue weighted by molar-refractivity contribution is 6.60. The molecule has 15 heavy (non-hydrogen) atoms. The Labute approximate surface area is 94.6 Å². The zero-order valence-corrected chi connectivity index (χ0v) is 13.4. The Bertz CT molecular complexity index is 72.3. The summed E-state index contributed by atoms with van der Waals surface area (Å²) >= 11 is 0. The molecule has 0 fully saturated rings. The van der Waals surface area contributed by atoms with Gasteiger partial charge in [-0.3, -0.25) is 0 Å². The average Bonchev–Trinajstić information content (AvgIpc) is 1.87. The monoisotopic (exact) mass is 304 g/mol. The number of hydrogen-bond acceptors (Lipinski definition) is 8. The van der Waals surface area contributed by atoms with Crippen molar-refractivity contribution in [2.24, 2.45) is 0 Å². The van der Waals surface area contributed by atoms with Gasteiger partial charge in [0.25, 0.3) is 30.0 Å². The predicted octanol–water partition coefficient (Wildman–Crippen LogP) is -8.16. The van der Waals surface area contributed by atoms with E-state index in [-0.39, 0.29) is 11.0 Å². The minimum atomic E-state index is -3.35. The minimum absolute atomic E-state index is 0. The molecule has 0 spiro atoms. The molecule has 10 nitrogen and oxygen atoms in total. The minimum Gasteiger partial charge on any atom is -0.416 e. The van der Waals surface area contributed by atoms with E-state index in [0.717, 1.165) is 0 Å². The van der Waals surface area contributed by atoms with Gasteiger partial charge in [0.05, 0.1) is 0 Å². The molecule has 0 bridgehead atoms. The second-order valence-electron chi connectivity index (χ2n) is 1.49. The number of rotatable bonds is 2. The molecule has 0 saturated heterocycles. The Kier molecular flexibility index (Phi) is 47.2. The fraction of sp³-hybridized carbons (Fsp3) is 1.00. The lowest BCUT2D eigenvalue weighted by molar-refractivity contribution is 0.239. The van der Waals surface area contributed by atoms with Crippen LogP contribution in [0.2, 0.25) is 6.55 Å². The van der Waals surface area contributed by atoms with Gasteiger partial charge >= 0.3 is 8.80 Å². The molecule has 11 N–H and O–H groups in total. The molecule has 0 aromatic heterocycles. The molecular weight excluding hydrogens is 284 g/mol. The highest BCUT2D eigenvalue weighted by atomic mass is 28.4. The summed E-state index contributed by atoms with van der Waals surface area (Å²) in [4.78, 5) is 53.8. The third-order valence-electron chi connectivity index (χ3n) is 0.338. The molecule has 0 aliphatic heterocycles. The molecule has 0 aromatic carbocycles. The first-order valence-electron chi connectivity index (χ1n) is 3.02. The summed E-state index contributed by atoms with van der Waals surface area (Å²) in [5, 5.41) is 0. The van der Waals surface area contributed by atoms with Gasteiger partial charge < -0.3 is 48.6 Å². The zero-order chi connectivity index (χ0) is 11.3. The van der Waals surface area contributed by atoms with Crippen LogP contribution in [0.3, 0.4) is 0 Å². The normalized spacial score (nSPS) is 8.80. The second kappa shape index (κ2) is 23.9. The molecule has 0 saturated carbocycles. The third-order valence-corrected chi connectivity index (χ3v) is 3.04. The van der Waals surface area contributed by atoms with Crippen molar-refractivity contribution in [3.05, 3.63) is 0 Å². The predicted molar refractivity (Wildman–Crippen MR) is 61.1 cm³/mol. The fourth-order valence-corrected chi connectivity index (χ4v) is 1.10. The zero-order valence-electron chi connectivity index (χ0n) is 8.16. The topological polar surface area (TPSA) is 214 Å². The smallest absolute Gasteiger partial charge is 0.416 e. The highest BCUT2D eigenvalue weighted by Gasteiger charge is 2.22. The quantitative estimate of drug-likeness (QED) is 0.242. The van der Waals surface area contributed by atoms with Crippen LogP contribution in [0.1, 0.15) is 0 Å². The van der Waals surface area contributed by atoms with E-state index in [2.05, 4.69) is 4.12 Å². The SMILES string of the molecule is C[Si](O)(O)O[SiH2]O.O.O.O[SiH2]O.O[SiH2]O. The van der Waals surface area contributed by atoms with Gasteiger partial charge in [-0.05, 0) is 0 Å². The maximum atomic E-state index is 8.36. The largest absolute Gasteiger partial charge is 0.482 e. The molecule has 0 heterocycles. The van der Waals surface area contributed by atoms with E-state index in [1.165, 1.54) is 6.55 Å². The van der Waals surface area contributed by atoms with E-state index in [9.17, 15) is 0 Å². The average molecular weight is 305 g/mol. The molecule has 0 atom stereocenters. The van der Waals surface area contributed by atoms with E-state index in [0.29, 0.717) is 0 Å². The van der Waals surface area contributed by atoms with Crippen LogP contribution in [0, 0.1) is 0 Å². The van der Waals surface area contributed by atoms with E-state index in [4.69, 9.17) is 33.6 Å². The van der Waals surface area contributed by atoms with Gasteiger partial charge in [0, 0.05) is 6.55 Å². The van der Waals surface area contributed by atoms with Gasteiger partial charge in [0.15, 0.2) is 0 Å². The molecule has 0 rings (SSSR count). The van der Waals surface area contributed by atoms with Crippen molar-refractivity contribution in [1.29, 1.82) is 0 Å². The summed E-state index contributed by atoms with van der Waals surface area (Å²) in [5.74, 6) is 0. The Hall–Kier alpha value is 0.468. The van der Waals surface area contributed by atoms with Crippen molar-refractivity contribution >= 4 is 38.8 Å². The molecule has 0 amide bonds. The first-order chi connectivity index (χ1) is 5.89. The Morgan fingerprint density at radius 1 is 0.867 bits per heavy atom. The lowest BCUT2D eigenvalue weighted by atomic mass is 11.9. The van der Waals surface area contributed by atoms with Crippen molar-refractivity contribution < 1.29 is 48.6 Å². The van der Waals surface area contributed by atoms with Crippen LogP contribution in [0.5, 0.6) is 0 Å². The molecule has 0 aliphatic carbocycles. The Morgan fingerprint density at radius 2 is 1.07 bits per heavy atom. The molecule has 0 unspecified atom stereocenters. The van der Waals surface area contributed by atoms with E-state index < -0.39 is 38.8 Å². The molecule has 0 radical (unpaired) electrons. The van der Waals surface area contributed by atoms with Crippen LogP contribution in [-0.2, 0) is 4.12 Å². The Morgan fingerprint density at radius 3 is 1.07 bits per heavy atom. The van der Waals surface area contributed by atoms with Gasteiger partial charge in [0.2, 0.25) is 0 Å². The Balaban J connectivity index is -0.0000000361. The maximum absolute atomic E-state index is 8.36. The summed E-state index contributed by atoms with van der Waals surface area (Å²) in [6, 6.07) is 0. The van der Waals surface area contributed by atoms with Crippen LogP contribution < -0.4 is 0 Å². The molecule has 0 aromatic rings. The van der Waals surface area contributed by atoms with Crippen molar-refractivity contribution in [3.63, 3.8) is 0 Å². The van der Waals surface area contributed by atoms with Crippen LogP contribution in [0.4, 0.5) is 0 Å². The molecule has 0 aliphatic rings. The molecule has 14 heteroatoms. The van der Waals surface area contributed by atoms with Gasteiger partial charge in [-0.15, -0.1) is 0 Å². The summed E-state index contributed by atoms with van der Waals surface area (Å²) in [6.07, 6.45) is 0. The summed E-state index contributed by atoms with van der Waals surface area (Å²) in [5.41, 5.74) is 0. The van der Waals surface area contributed by atoms with Gasteiger partial charge in [-0.1, -0.05) is 0 Å². The molecule has 100 valence electrons. The highest BCUT2D eigenvalue weighted by Crippen LogP contribution is 1.87. The summed E-state index contributed by atoms with van der Waals surface area (Å²) in [6.45, 7) is 1.18. The van der Waals surface area contributed by atoms with Crippen LogP contribution >= 0.6 is 0 Å². The first-order valence-corrected chi connectivity index (χ1v) is 9.06. The maximum Gasteiger partial charge on any atom is 0.482 e. The van der Waals surface area contributed by atoms with Crippen LogP contribution in [-0.4, -0.2) is 83.3 Å². The van der Waals surface area contributed by atoms with Gasteiger partial charge in [-0.25, -0.2) is 0 Å². The van der Waals surface area contributed by atoms with E-state index in [1.54, 1.807) is 0 Å².